The van der Waals surface area contributed by atoms with E-state index in [-0.39, 0.29) is 0 Å². The summed E-state index contributed by atoms with van der Waals surface area (Å²) in [4.78, 5) is 4.36. The Kier molecular flexibility index (Phi) is 3.70. The van der Waals surface area contributed by atoms with Gasteiger partial charge in [0.1, 0.15) is 0 Å². The molecule has 0 fully saturated rings. The Balaban J connectivity index is 2.27. The third-order valence-electron chi connectivity index (χ3n) is 2.78. The Morgan fingerprint density at radius 2 is 1.94 bits per heavy atom. The van der Waals surface area contributed by atoms with Gasteiger partial charge in [-0.2, -0.15) is 0 Å². The highest BCUT2D eigenvalue weighted by Crippen LogP contribution is 2.25. The molecule has 3 N–H and O–H groups in total. The molecule has 0 radical (unpaired) electrons. The van der Waals surface area contributed by atoms with Crippen molar-refractivity contribution in [1.29, 1.82) is 0 Å². The van der Waals surface area contributed by atoms with E-state index < -0.39 is 0 Å². The lowest BCUT2D eigenvalue weighted by molar-refractivity contribution is 0.819. The first kappa shape index (κ1) is 11.3. The summed E-state index contributed by atoms with van der Waals surface area (Å²) in [5, 5.41) is 0. The smallest absolute Gasteiger partial charge is 0.0227 e. The van der Waals surface area contributed by atoms with Crippen molar-refractivity contribution in [1.82, 2.24) is 4.98 Å². The number of hydrogen-bond acceptors (Lipinski definition) is 2. The molecular formula is C13H16N2S. The Morgan fingerprint density at radius 1 is 1.19 bits per heavy atom. The molecule has 0 bridgehead atoms. The fourth-order valence-corrected chi connectivity index (χ4v) is 2.26. The highest BCUT2D eigenvalue weighted by atomic mass is 32.2. The van der Waals surface area contributed by atoms with Crippen molar-refractivity contribution in [2.75, 3.05) is 12.8 Å². The molecule has 16 heavy (non-hydrogen) atoms. The number of aromatic nitrogens is 1. The molecule has 84 valence electrons. The maximum Gasteiger partial charge on any atom is 0.0227 e. The molecule has 1 heterocycles. The van der Waals surface area contributed by atoms with Crippen molar-refractivity contribution in [3.8, 4) is 0 Å². The topological polar surface area (TPSA) is 41.8 Å². The van der Waals surface area contributed by atoms with E-state index in [1.807, 2.05) is 12.4 Å². The van der Waals surface area contributed by atoms with Crippen LogP contribution in [0.15, 0.2) is 47.6 Å². The molecule has 1 aromatic carbocycles. The van der Waals surface area contributed by atoms with Crippen LogP contribution >= 0.6 is 11.8 Å². The highest BCUT2D eigenvalue weighted by molar-refractivity contribution is 7.98. The summed E-state index contributed by atoms with van der Waals surface area (Å²) in [6.45, 7) is 0.635. The SMILES string of the molecule is CSc1ccc(C(CN)c2cc[nH]c2)cc1. The van der Waals surface area contributed by atoms with Crippen molar-refractivity contribution in [3.05, 3.63) is 53.9 Å². The number of rotatable bonds is 4. The van der Waals surface area contributed by atoms with E-state index >= 15 is 0 Å². The average Bonchev–Trinajstić information content (AvgIpc) is 2.85. The van der Waals surface area contributed by atoms with Crippen LogP contribution < -0.4 is 5.73 Å². The first-order chi connectivity index (χ1) is 7.85. The van der Waals surface area contributed by atoms with Crippen molar-refractivity contribution in [2.24, 2.45) is 5.73 Å². The second-order valence-electron chi connectivity index (χ2n) is 3.71. The number of aromatic amines is 1. The molecule has 1 atom stereocenters. The summed E-state index contributed by atoms with van der Waals surface area (Å²) < 4.78 is 0. The van der Waals surface area contributed by atoms with E-state index in [1.165, 1.54) is 16.0 Å². The van der Waals surface area contributed by atoms with E-state index in [2.05, 4.69) is 41.6 Å². The molecule has 0 saturated heterocycles. The van der Waals surface area contributed by atoms with Gasteiger partial charge in [0, 0.05) is 29.8 Å². The first-order valence-electron chi connectivity index (χ1n) is 5.32. The zero-order chi connectivity index (χ0) is 11.4. The molecule has 1 aromatic heterocycles. The second kappa shape index (κ2) is 5.23. The summed E-state index contributed by atoms with van der Waals surface area (Å²) in [6, 6.07) is 10.7. The van der Waals surface area contributed by atoms with Gasteiger partial charge >= 0.3 is 0 Å². The van der Waals surface area contributed by atoms with Gasteiger partial charge < -0.3 is 10.7 Å². The first-order valence-corrected chi connectivity index (χ1v) is 6.54. The van der Waals surface area contributed by atoms with E-state index in [0.717, 1.165) is 0 Å². The van der Waals surface area contributed by atoms with Crippen LogP contribution in [0.25, 0.3) is 0 Å². The third-order valence-corrected chi connectivity index (χ3v) is 3.52. The Morgan fingerprint density at radius 3 is 2.44 bits per heavy atom. The molecule has 1 unspecified atom stereocenters. The number of thioether (sulfide) groups is 1. The number of nitrogens with two attached hydrogens (primary N) is 1. The van der Waals surface area contributed by atoms with Gasteiger partial charge in [-0.25, -0.2) is 0 Å². The van der Waals surface area contributed by atoms with Gasteiger partial charge in [-0.3, -0.25) is 0 Å². The lowest BCUT2D eigenvalue weighted by Crippen LogP contribution is -2.13. The maximum absolute atomic E-state index is 5.85. The predicted molar refractivity (Wildman–Crippen MR) is 69.9 cm³/mol. The quantitative estimate of drug-likeness (QED) is 0.796. The minimum atomic E-state index is 0.294. The van der Waals surface area contributed by atoms with Gasteiger partial charge in [0.05, 0.1) is 0 Å². The van der Waals surface area contributed by atoms with E-state index in [1.54, 1.807) is 11.8 Å². The van der Waals surface area contributed by atoms with Gasteiger partial charge in [0.2, 0.25) is 0 Å². The predicted octanol–water partition coefficient (Wildman–Crippen LogP) is 2.83. The average molecular weight is 232 g/mol. The number of nitrogens with one attached hydrogen (secondary N) is 1. The standard InChI is InChI=1S/C13H16N2S/c1-16-12-4-2-10(3-5-12)13(8-14)11-6-7-15-9-11/h2-7,9,13,15H,8,14H2,1H3. The van der Waals surface area contributed by atoms with Crippen LogP contribution in [0.2, 0.25) is 0 Å². The van der Waals surface area contributed by atoms with Crippen LogP contribution in [0, 0.1) is 0 Å². The van der Waals surface area contributed by atoms with Crippen LogP contribution in [0.5, 0.6) is 0 Å². The van der Waals surface area contributed by atoms with Crippen molar-refractivity contribution in [2.45, 2.75) is 10.8 Å². The largest absolute Gasteiger partial charge is 0.367 e. The van der Waals surface area contributed by atoms with Crippen LogP contribution in [0.1, 0.15) is 17.0 Å². The third kappa shape index (κ3) is 2.31. The van der Waals surface area contributed by atoms with Crippen molar-refractivity contribution in [3.63, 3.8) is 0 Å². The highest BCUT2D eigenvalue weighted by Gasteiger charge is 2.12. The lowest BCUT2D eigenvalue weighted by Gasteiger charge is -2.14. The van der Waals surface area contributed by atoms with Crippen LogP contribution in [-0.4, -0.2) is 17.8 Å². The number of hydrogen-bond donors (Lipinski definition) is 2. The molecule has 0 aliphatic heterocycles. The monoisotopic (exact) mass is 232 g/mol. The van der Waals surface area contributed by atoms with Crippen molar-refractivity contribution >= 4 is 11.8 Å². The molecular weight excluding hydrogens is 216 g/mol. The van der Waals surface area contributed by atoms with E-state index in [9.17, 15) is 0 Å². The van der Waals surface area contributed by atoms with Gasteiger partial charge in [-0.15, -0.1) is 11.8 Å². The summed E-state index contributed by atoms with van der Waals surface area (Å²) in [7, 11) is 0. The number of benzene rings is 1. The molecule has 2 nitrogen and oxygen atoms in total. The zero-order valence-electron chi connectivity index (χ0n) is 9.31. The molecule has 0 saturated carbocycles. The molecule has 0 aliphatic rings. The molecule has 2 aromatic rings. The Labute approximate surface area is 100 Å². The fourth-order valence-electron chi connectivity index (χ4n) is 1.85. The second-order valence-corrected chi connectivity index (χ2v) is 4.59. The number of H-pyrrole nitrogens is 1. The zero-order valence-corrected chi connectivity index (χ0v) is 10.1. The summed E-state index contributed by atoms with van der Waals surface area (Å²) in [5.41, 5.74) is 8.37. The van der Waals surface area contributed by atoms with Crippen LogP contribution in [-0.2, 0) is 0 Å². The van der Waals surface area contributed by atoms with Gasteiger partial charge in [0.15, 0.2) is 0 Å². The normalized spacial score (nSPS) is 12.6. The minimum Gasteiger partial charge on any atom is -0.367 e. The molecule has 0 spiro atoms. The summed E-state index contributed by atoms with van der Waals surface area (Å²) in [6.07, 6.45) is 6.04. The maximum atomic E-state index is 5.85. The van der Waals surface area contributed by atoms with Gasteiger partial charge in [-0.1, -0.05) is 12.1 Å². The molecule has 2 rings (SSSR count). The van der Waals surface area contributed by atoms with Crippen LogP contribution in [0.3, 0.4) is 0 Å². The molecule has 0 aliphatic carbocycles. The summed E-state index contributed by atoms with van der Waals surface area (Å²) in [5.74, 6) is 0.294. The van der Waals surface area contributed by atoms with Crippen LogP contribution in [0.4, 0.5) is 0 Å². The van der Waals surface area contributed by atoms with Gasteiger partial charge in [0.25, 0.3) is 0 Å². The van der Waals surface area contributed by atoms with E-state index in [4.69, 9.17) is 5.73 Å². The summed E-state index contributed by atoms with van der Waals surface area (Å²) >= 11 is 1.76. The lowest BCUT2D eigenvalue weighted by atomic mass is 9.93. The van der Waals surface area contributed by atoms with Gasteiger partial charge in [-0.05, 0) is 35.6 Å². The molecule has 3 heteroatoms. The minimum absolute atomic E-state index is 0.294. The van der Waals surface area contributed by atoms with Crippen molar-refractivity contribution < 1.29 is 0 Å². The fraction of sp³-hybridized carbons (Fsp3) is 0.231. The van der Waals surface area contributed by atoms with E-state index in [0.29, 0.717) is 12.5 Å². The Bertz CT molecular complexity index is 420. The Hall–Kier alpha value is -1.19. The molecule has 0 amide bonds.